The number of nitrogens with two attached hydrogens (primary N) is 1. The molecule has 1 saturated heterocycles. The summed E-state index contributed by atoms with van der Waals surface area (Å²) in [5.74, 6) is 0. The number of nitrogens with zero attached hydrogens (tertiary/aromatic N) is 3. The summed E-state index contributed by atoms with van der Waals surface area (Å²) in [6, 6.07) is 1.28. The van der Waals surface area contributed by atoms with Gasteiger partial charge >= 0.3 is 0 Å². The van der Waals surface area contributed by atoms with E-state index < -0.39 is 0 Å². The first kappa shape index (κ1) is 15.5. The largest absolute Gasteiger partial charge is 0.329 e. The second-order valence-corrected chi connectivity index (χ2v) is 6.01. The SMILES string of the molecule is CCc1nn(C)cc1C(CN)NN1C(C)CCCC1C. The summed E-state index contributed by atoms with van der Waals surface area (Å²) in [7, 11) is 1.97. The lowest BCUT2D eigenvalue weighted by molar-refractivity contribution is 0.0303. The van der Waals surface area contributed by atoms with E-state index in [1.54, 1.807) is 0 Å². The Labute approximate surface area is 122 Å². The first-order valence-corrected chi connectivity index (χ1v) is 7.83. The van der Waals surface area contributed by atoms with Crippen molar-refractivity contribution in [3.05, 3.63) is 17.5 Å². The highest BCUT2D eigenvalue weighted by Crippen LogP contribution is 2.24. The number of hydrazine groups is 1. The molecule has 1 aliphatic heterocycles. The fraction of sp³-hybridized carbons (Fsp3) is 0.800. The second-order valence-electron chi connectivity index (χ2n) is 6.01. The quantitative estimate of drug-likeness (QED) is 0.862. The summed E-state index contributed by atoms with van der Waals surface area (Å²) in [5, 5.41) is 6.93. The Kier molecular flexibility index (Phi) is 5.18. The van der Waals surface area contributed by atoms with Crippen molar-refractivity contribution in [3.63, 3.8) is 0 Å². The van der Waals surface area contributed by atoms with Crippen molar-refractivity contribution in [2.24, 2.45) is 12.8 Å². The molecule has 3 unspecified atom stereocenters. The Morgan fingerprint density at radius 1 is 1.40 bits per heavy atom. The molecule has 2 rings (SSSR count). The average Bonchev–Trinajstić information content (AvgIpc) is 2.80. The van der Waals surface area contributed by atoms with Gasteiger partial charge in [0.15, 0.2) is 0 Å². The second kappa shape index (κ2) is 6.70. The standard InChI is InChI=1S/C15H29N5/c1-5-14-13(10-19(4)17-14)15(9-16)18-20-11(2)7-6-8-12(20)3/h10-12,15,18H,5-9,16H2,1-4H3. The molecule has 20 heavy (non-hydrogen) atoms. The number of aromatic nitrogens is 2. The summed E-state index contributed by atoms with van der Waals surface area (Å²) in [6.45, 7) is 7.32. The van der Waals surface area contributed by atoms with Crippen LogP contribution in [0.2, 0.25) is 0 Å². The predicted molar refractivity (Wildman–Crippen MR) is 82.1 cm³/mol. The number of nitrogens with one attached hydrogen (secondary N) is 1. The van der Waals surface area contributed by atoms with Gasteiger partial charge < -0.3 is 5.73 Å². The minimum absolute atomic E-state index is 0.154. The zero-order valence-corrected chi connectivity index (χ0v) is 13.3. The van der Waals surface area contributed by atoms with E-state index in [-0.39, 0.29) is 6.04 Å². The summed E-state index contributed by atoms with van der Waals surface area (Å²) in [6.07, 6.45) is 6.87. The van der Waals surface area contributed by atoms with Crippen LogP contribution in [0.15, 0.2) is 6.20 Å². The van der Waals surface area contributed by atoms with E-state index in [4.69, 9.17) is 5.73 Å². The topological polar surface area (TPSA) is 59.1 Å². The lowest BCUT2D eigenvalue weighted by Crippen LogP contribution is -2.54. The number of piperidine rings is 1. The minimum atomic E-state index is 0.154. The molecule has 5 heteroatoms. The van der Waals surface area contributed by atoms with Gasteiger partial charge in [0.05, 0.1) is 11.7 Å². The molecule has 1 aromatic heterocycles. The van der Waals surface area contributed by atoms with E-state index in [0.717, 1.165) is 12.1 Å². The molecule has 5 nitrogen and oxygen atoms in total. The lowest BCUT2D eigenvalue weighted by Gasteiger charge is -2.41. The minimum Gasteiger partial charge on any atom is -0.329 e. The zero-order chi connectivity index (χ0) is 14.7. The summed E-state index contributed by atoms with van der Waals surface area (Å²) < 4.78 is 1.89. The maximum atomic E-state index is 6.02. The van der Waals surface area contributed by atoms with Crippen LogP contribution in [0.25, 0.3) is 0 Å². The van der Waals surface area contributed by atoms with Gasteiger partial charge in [0.1, 0.15) is 0 Å². The van der Waals surface area contributed by atoms with Gasteiger partial charge in [-0.2, -0.15) is 5.10 Å². The number of hydrogen-bond acceptors (Lipinski definition) is 4. The van der Waals surface area contributed by atoms with Crippen molar-refractivity contribution >= 4 is 0 Å². The van der Waals surface area contributed by atoms with Gasteiger partial charge in [0, 0.05) is 37.4 Å². The van der Waals surface area contributed by atoms with Gasteiger partial charge in [-0.3, -0.25) is 4.68 Å². The molecular weight excluding hydrogens is 250 g/mol. The Balaban J connectivity index is 2.15. The van der Waals surface area contributed by atoms with Crippen molar-refractivity contribution in [2.75, 3.05) is 6.54 Å². The molecule has 0 amide bonds. The van der Waals surface area contributed by atoms with Crippen molar-refractivity contribution in [1.82, 2.24) is 20.2 Å². The molecule has 0 spiro atoms. The van der Waals surface area contributed by atoms with Gasteiger partial charge in [-0.05, 0) is 33.1 Å². The van der Waals surface area contributed by atoms with E-state index in [1.165, 1.54) is 24.8 Å². The van der Waals surface area contributed by atoms with Crippen LogP contribution >= 0.6 is 0 Å². The summed E-state index contributed by atoms with van der Waals surface area (Å²) >= 11 is 0. The van der Waals surface area contributed by atoms with Crippen molar-refractivity contribution in [3.8, 4) is 0 Å². The summed E-state index contributed by atoms with van der Waals surface area (Å²) in [5.41, 5.74) is 12.1. The maximum Gasteiger partial charge on any atom is 0.0670 e. The molecular formula is C15H29N5. The molecule has 1 aromatic rings. The van der Waals surface area contributed by atoms with E-state index in [0.29, 0.717) is 18.6 Å². The monoisotopic (exact) mass is 279 g/mol. The molecule has 3 atom stereocenters. The lowest BCUT2D eigenvalue weighted by atomic mass is 9.99. The molecule has 0 bridgehead atoms. The highest BCUT2D eigenvalue weighted by Gasteiger charge is 2.28. The van der Waals surface area contributed by atoms with E-state index in [9.17, 15) is 0 Å². The molecule has 1 aliphatic rings. The molecule has 0 aromatic carbocycles. The zero-order valence-electron chi connectivity index (χ0n) is 13.3. The van der Waals surface area contributed by atoms with Crippen LogP contribution in [-0.2, 0) is 13.5 Å². The van der Waals surface area contributed by atoms with Gasteiger partial charge in [-0.15, -0.1) is 0 Å². The molecule has 0 radical (unpaired) electrons. The number of rotatable bonds is 5. The van der Waals surface area contributed by atoms with Gasteiger partial charge in [0.2, 0.25) is 0 Å². The van der Waals surface area contributed by atoms with Crippen LogP contribution in [0.5, 0.6) is 0 Å². The molecule has 114 valence electrons. The van der Waals surface area contributed by atoms with Crippen LogP contribution in [-0.4, -0.2) is 33.4 Å². The Bertz CT molecular complexity index is 418. The number of hydrogen-bond donors (Lipinski definition) is 2. The van der Waals surface area contributed by atoms with Crippen LogP contribution in [0.3, 0.4) is 0 Å². The van der Waals surface area contributed by atoms with Crippen molar-refractivity contribution in [1.29, 1.82) is 0 Å². The molecule has 3 N–H and O–H groups in total. The third-order valence-electron chi connectivity index (χ3n) is 4.38. The first-order chi connectivity index (χ1) is 9.56. The van der Waals surface area contributed by atoms with Crippen LogP contribution in [0, 0.1) is 0 Å². The summed E-state index contributed by atoms with van der Waals surface area (Å²) in [4.78, 5) is 0. The Morgan fingerprint density at radius 3 is 2.60 bits per heavy atom. The van der Waals surface area contributed by atoms with Crippen LogP contribution in [0.1, 0.15) is 57.3 Å². The molecule has 1 fully saturated rings. The van der Waals surface area contributed by atoms with Crippen molar-refractivity contribution in [2.45, 2.75) is 64.6 Å². The molecule has 2 heterocycles. The highest BCUT2D eigenvalue weighted by molar-refractivity contribution is 5.21. The fourth-order valence-corrected chi connectivity index (χ4v) is 3.22. The van der Waals surface area contributed by atoms with Crippen LogP contribution < -0.4 is 11.2 Å². The maximum absolute atomic E-state index is 6.02. The average molecular weight is 279 g/mol. The van der Waals surface area contributed by atoms with Gasteiger partial charge in [0.25, 0.3) is 0 Å². The Hall–Kier alpha value is -0.910. The normalized spacial score (nSPS) is 25.9. The van der Waals surface area contributed by atoms with E-state index in [1.807, 2.05) is 11.7 Å². The van der Waals surface area contributed by atoms with Crippen molar-refractivity contribution < 1.29 is 0 Å². The van der Waals surface area contributed by atoms with E-state index >= 15 is 0 Å². The molecule has 0 saturated carbocycles. The Morgan fingerprint density at radius 2 is 2.05 bits per heavy atom. The van der Waals surface area contributed by atoms with Gasteiger partial charge in [-0.1, -0.05) is 13.3 Å². The van der Waals surface area contributed by atoms with E-state index in [2.05, 4.69) is 42.5 Å². The third kappa shape index (κ3) is 3.22. The highest BCUT2D eigenvalue weighted by atomic mass is 15.5. The van der Waals surface area contributed by atoms with Gasteiger partial charge in [-0.25, -0.2) is 10.4 Å². The third-order valence-corrected chi connectivity index (χ3v) is 4.38. The van der Waals surface area contributed by atoms with Crippen LogP contribution in [0.4, 0.5) is 0 Å². The molecule has 0 aliphatic carbocycles. The predicted octanol–water partition coefficient (Wildman–Crippen LogP) is 1.75. The number of aryl methyl sites for hydroxylation is 2. The fourth-order valence-electron chi connectivity index (χ4n) is 3.22. The first-order valence-electron chi connectivity index (χ1n) is 7.83. The smallest absolute Gasteiger partial charge is 0.0670 e.